The van der Waals surface area contributed by atoms with E-state index >= 15 is 0 Å². The minimum atomic E-state index is 0.0305. The van der Waals surface area contributed by atoms with Crippen molar-refractivity contribution in [3.63, 3.8) is 0 Å². The van der Waals surface area contributed by atoms with E-state index in [2.05, 4.69) is 0 Å². The van der Waals surface area contributed by atoms with E-state index in [4.69, 9.17) is 9.47 Å². The molecule has 0 radical (unpaired) electrons. The average Bonchev–Trinajstić information content (AvgIpc) is 2.03. The van der Waals surface area contributed by atoms with Crippen molar-refractivity contribution in [3.8, 4) is 0 Å². The van der Waals surface area contributed by atoms with Crippen LogP contribution >= 0.6 is 22.6 Å². The number of nitrogens with zero attached hydrogens (tertiary/aromatic N) is 1. The van der Waals surface area contributed by atoms with Crippen molar-refractivity contribution in [1.29, 1.82) is 0 Å². The van der Waals surface area contributed by atoms with Gasteiger partial charge in [-0.05, 0) is 0 Å². The molecule has 0 spiro atoms. The largest absolute Gasteiger partial charge is 0.382 e. The van der Waals surface area contributed by atoms with Crippen LogP contribution in [0.25, 0.3) is 0 Å². The van der Waals surface area contributed by atoms with E-state index in [0.717, 1.165) is 0 Å². The molecule has 0 aromatic carbocycles. The van der Waals surface area contributed by atoms with E-state index in [-0.39, 0.29) is 3.91 Å². The fraction of sp³-hybridized carbons (Fsp3) is 0.857. The first-order valence-corrected chi connectivity index (χ1v) is 4.73. The van der Waals surface area contributed by atoms with Gasteiger partial charge in [0.25, 0.3) is 3.91 Å². The van der Waals surface area contributed by atoms with E-state index in [0.29, 0.717) is 26.4 Å². The van der Waals surface area contributed by atoms with E-state index in [1.807, 2.05) is 0 Å². The SMILES string of the molecule is COCCOCCN(C)C(=O)I. The van der Waals surface area contributed by atoms with Crippen molar-refractivity contribution >= 4 is 26.5 Å². The van der Waals surface area contributed by atoms with Gasteiger partial charge in [-0.15, -0.1) is 0 Å². The smallest absolute Gasteiger partial charge is 0.283 e. The second kappa shape index (κ2) is 7.75. The van der Waals surface area contributed by atoms with Gasteiger partial charge in [0.2, 0.25) is 0 Å². The van der Waals surface area contributed by atoms with Gasteiger partial charge in [-0.2, -0.15) is 0 Å². The molecule has 0 aromatic heterocycles. The number of halogens is 1. The molecular formula is C7H14INO3. The van der Waals surface area contributed by atoms with Crippen molar-refractivity contribution in [2.45, 2.75) is 0 Å². The maximum atomic E-state index is 10.7. The summed E-state index contributed by atoms with van der Waals surface area (Å²) < 4.78 is 9.99. The van der Waals surface area contributed by atoms with Crippen molar-refractivity contribution in [2.24, 2.45) is 0 Å². The molecule has 72 valence electrons. The molecule has 0 N–H and O–H groups in total. The zero-order valence-corrected chi connectivity index (χ0v) is 9.54. The van der Waals surface area contributed by atoms with Gasteiger partial charge in [-0.1, -0.05) is 0 Å². The van der Waals surface area contributed by atoms with Crippen LogP contribution in [0.15, 0.2) is 0 Å². The van der Waals surface area contributed by atoms with Crippen LogP contribution in [0.3, 0.4) is 0 Å². The Morgan fingerprint density at radius 3 is 2.58 bits per heavy atom. The zero-order valence-electron chi connectivity index (χ0n) is 7.38. The van der Waals surface area contributed by atoms with Gasteiger partial charge in [0.1, 0.15) is 0 Å². The topological polar surface area (TPSA) is 38.8 Å². The number of ether oxygens (including phenoxy) is 2. The molecule has 0 fully saturated rings. The third-order valence-electron chi connectivity index (χ3n) is 1.30. The van der Waals surface area contributed by atoms with Crippen LogP contribution in [0.1, 0.15) is 0 Å². The highest BCUT2D eigenvalue weighted by molar-refractivity contribution is 14.1. The number of carbonyl (C=O) groups is 1. The minimum Gasteiger partial charge on any atom is -0.382 e. The van der Waals surface area contributed by atoms with Crippen molar-refractivity contribution in [2.75, 3.05) is 40.5 Å². The van der Waals surface area contributed by atoms with Gasteiger partial charge < -0.3 is 14.4 Å². The van der Waals surface area contributed by atoms with Crippen molar-refractivity contribution < 1.29 is 14.3 Å². The molecule has 0 bridgehead atoms. The van der Waals surface area contributed by atoms with Crippen LogP contribution in [-0.2, 0) is 9.47 Å². The summed E-state index contributed by atoms with van der Waals surface area (Å²) in [6.45, 7) is 2.38. The number of methoxy groups -OCH3 is 1. The Morgan fingerprint density at radius 2 is 2.08 bits per heavy atom. The molecule has 0 aliphatic carbocycles. The van der Waals surface area contributed by atoms with E-state index in [1.54, 1.807) is 41.6 Å². The minimum absolute atomic E-state index is 0.0305. The molecule has 5 heteroatoms. The van der Waals surface area contributed by atoms with Crippen LogP contribution in [0.2, 0.25) is 0 Å². The summed E-state index contributed by atoms with van der Waals surface area (Å²) in [5, 5.41) is 0. The van der Waals surface area contributed by atoms with Crippen LogP contribution in [0.4, 0.5) is 4.79 Å². The normalized spacial score (nSPS) is 9.92. The predicted molar refractivity (Wildman–Crippen MR) is 54.7 cm³/mol. The van der Waals surface area contributed by atoms with Crippen LogP contribution in [-0.4, -0.2) is 49.3 Å². The van der Waals surface area contributed by atoms with Gasteiger partial charge in [-0.25, -0.2) is 0 Å². The lowest BCUT2D eigenvalue weighted by Crippen LogP contribution is -2.25. The standard InChI is InChI=1S/C7H14INO3/c1-9(7(8)10)3-4-12-6-5-11-2/h3-6H2,1-2H3. The highest BCUT2D eigenvalue weighted by Gasteiger charge is 2.01. The van der Waals surface area contributed by atoms with E-state index < -0.39 is 0 Å². The summed E-state index contributed by atoms with van der Waals surface area (Å²) in [7, 11) is 3.37. The summed E-state index contributed by atoms with van der Waals surface area (Å²) in [4.78, 5) is 12.3. The summed E-state index contributed by atoms with van der Waals surface area (Å²) in [5.41, 5.74) is 0. The number of amides is 1. The monoisotopic (exact) mass is 287 g/mol. The van der Waals surface area contributed by atoms with E-state index in [1.165, 1.54) is 0 Å². The van der Waals surface area contributed by atoms with Crippen LogP contribution in [0, 0.1) is 0 Å². The summed E-state index contributed by atoms with van der Waals surface area (Å²) in [6.07, 6.45) is 0. The second-order valence-corrected chi connectivity index (χ2v) is 3.20. The van der Waals surface area contributed by atoms with Gasteiger partial charge in [-0.3, -0.25) is 4.79 Å². The molecule has 0 rings (SSSR count). The van der Waals surface area contributed by atoms with Crippen LogP contribution < -0.4 is 0 Å². The maximum absolute atomic E-state index is 10.7. The number of likely N-dealkylation sites (N-methyl/N-ethyl adjacent to an activating group) is 1. The molecule has 0 saturated carbocycles. The summed E-state index contributed by atoms with van der Waals surface area (Å²) >= 11 is 1.74. The zero-order chi connectivity index (χ0) is 9.40. The molecule has 0 atom stereocenters. The third kappa shape index (κ3) is 6.81. The quantitative estimate of drug-likeness (QED) is 0.318. The Labute approximate surface area is 86.3 Å². The Balaban J connectivity index is 3.14. The third-order valence-corrected chi connectivity index (χ3v) is 2.13. The lowest BCUT2D eigenvalue weighted by molar-refractivity contribution is 0.0651. The molecule has 0 unspecified atom stereocenters. The molecule has 0 saturated heterocycles. The fourth-order valence-corrected chi connectivity index (χ4v) is 0.775. The van der Waals surface area contributed by atoms with E-state index in [9.17, 15) is 4.79 Å². The van der Waals surface area contributed by atoms with Gasteiger partial charge in [0.15, 0.2) is 0 Å². The molecule has 1 amide bonds. The Bertz CT molecular complexity index is 132. The molecule has 12 heavy (non-hydrogen) atoms. The first kappa shape index (κ1) is 12.1. The molecule has 0 aliphatic rings. The number of hydrogen-bond acceptors (Lipinski definition) is 3. The summed E-state index contributed by atoms with van der Waals surface area (Å²) in [6, 6.07) is 0. The lowest BCUT2D eigenvalue weighted by atomic mass is 10.6. The van der Waals surface area contributed by atoms with Gasteiger partial charge in [0, 0.05) is 43.3 Å². The van der Waals surface area contributed by atoms with Crippen molar-refractivity contribution in [1.82, 2.24) is 4.90 Å². The van der Waals surface area contributed by atoms with Crippen molar-refractivity contribution in [3.05, 3.63) is 0 Å². The predicted octanol–water partition coefficient (Wildman–Crippen LogP) is 1.14. The molecule has 4 nitrogen and oxygen atoms in total. The Morgan fingerprint density at radius 1 is 1.42 bits per heavy atom. The Kier molecular flexibility index (Phi) is 7.83. The fourth-order valence-electron chi connectivity index (χ4n) is 0.534. The van der Waals surface area contributed by atoms with Crippen LogP contribution in [0.5, 0.6) is 0 Å². The molecular weight excluding hydrogens is 273 g/mol. The molecule has 0 aromatic rings. The second-order valence-electron chi connectivity index (χ2n) is 2.28. The molecule has 0 aliphatic heterocycles. The maximum Gasteiger partial charge on any atom is 0.283 e. The summed E-state index contributed by atoms with van der Waals surface area (Å²) in [5.74, 6) is 0. The number of carbonyl (C=O) groups excluding carboxylic acids is 1. The molecule has 0 heterocycles. The average molecular weight is 287 g/mol. The highest BCUT2D eigenvalue weighted by atomic mass is 127. The van der Waals surface area contributed by atoms with Gasteiger partial charge in [0.05, 0.1) is 19.8 Å². The highest BCUT2D eigenvalue weighted by Crippen LogP contribution is 1.94. The number of rotatable bonds is 6. The first-order chi connectivity index (χ1) is 5.68. The Hall–Kier alpha value is 0.120. The van der Waals surface area contributed by atoms with Gasteiger partial charge >= 0.3 is 0 Å². The number of hydrogen-bond donors (Lipinski definition) is 0. The first-order valence-electron chi connectivity index (χ1n) is 3.65. The lowest BCUT2D eigenvalue weighted by Gasteiger charge is -2.12.